The molecule has 0 saturated carbocycles. The van der Waals surface area contributed by atoms with E-state index in [4.69, 9.17) is 0 Å². The quantitative estimate of drug-likeness (QED) is 0.851. The highest BCUT2D eigenvalue weighted by Crippen LogP contribution is 2.35. The second kappa shape index (κ2) is 6.33. The topological polar surface area (TPSA) is 12.0 Å². The molecule has 106 valence electrons. The summed E-state index contributed by atoms with van der Waals surface area (Å²) >= 11 is 3.90. The van der Waals surface area contributed by atoms with Crippen molar-refractivity contribution >= 4 is 23.1 Å². The molecule has 0 fully saturated rings. The van der Waals surface area contributed by atoms with Gasteiger partial charge in [-0.25, -0.2) is 0 Å². The van der Waals surface area contributed by atoms with Crippen molar-refractivity contribution in [2.24, 2.45) is 5.92 Å². The third-order valence-corrected chi connectivity index (χ3v) is 5.91. The Morgan fingerprint density at radius 2 is 2.00 bits per heavy atom. The molecule has 1 N–H and O–H groups in total. The molecule has 0 bridgehead atoms. The van der Waals surface area contributed by atoms with Gasteiger partial charge in [0.1, 0.15) is 0 Å². The van der Waals surface area contributed by atoms with Crippen molar-refractivity contribution in [2.45, 2.75) is 31.7 Å². The highest BCUT2D eigenvalue weighted by Gasteiger charge is 2.25. The Hall–Kier alpha value is -0.770. The zero-order chi connectivity index (χ0) is 13.9. The lowest BCUT2D eigenvalue weighted by Gasteiger charge is -2.31. The van der Waals surface area contributed by atoms with Crippen LogP contribution in [0.2, 0.25) is 0 Å². The first-order chi connectivity index (χ1) is 9.75. The molecule has 0 saturated heterocycles. The molecule has 1 aliphatic heterocycles. The molecule has 2 heterocycles. The Labute approximate surface area is 129 Å². The van der Waals surface area contributed by atoms with E-state index in [1.807, 2.05) is 23.1 Å². The number of nitrogens with one attached hydrogen (secondary N) is 1. The Morgan fingerprint density at radius 1 is 1.15 bits per heavy atom. The summed E-state index contributed by atoms with van der Waals surface area (Å²) in [7, 11) is 0. The van der Waals surface area contributed by atoms with Gasteiger partial charge in [-0.15, -0.1) is 11.3 Å². The Morgan fingerprint density at radius 3 is 2.75 bits per heavy atom. The van der Waals surface area contributed by atoms with Crippen molar-refractivity contribution < 1.29 is 0 Å². The Kier molecular flexibility index (Phi) is 4.49. The van der Waals surface area contributed by atoms with Gasteiger partial charge in [0.2, 0.25) is 0 Å². The minimum Gasteiger partial charge on any atom is -0.301 e. The van der Waals surface area contributed by atoms with Crippen LogP contribution in [0.4, 0.5) is 0 Å². The van der Waals surface area contributed by atoms with Crippen LogP contribution in [-0.2, 0) is 5.75 Å². The van der Waals surface area contributed by atoms with Gasteiger partial charge < -0.3 is 5.32 Å². The lowest BCUT2D eigenvalue weighted by molar-refractivity contribution is 0.380. The van der Waals surface area contributed by atoms with Crippen LogP contribution in [0.25, 0.3) is 0 Å². The monoisotopic (exact) mass is 303 g/mol. The van der Waals surface area contributed by atoms with Crippen molar-refractivity contribution in [2.75, 3.05) is 5.75 Å². The first-order valence-corrected chi connectivity index (χ1v) is 9.24. The van der Waals surface area contributed by atoms with E-state index in [1.54, 1.807) is 0 Å². The predicted octanol–water partition coefficient (Wildman–Crippen LogP) is 5.02. The third kappa shape index (κ3) is 2.95. The van der Waals surface area contributed by atoms with E-state index in [0.29, 0.717) is 18.0 Å². The number of hydrogen-bond donors (Lipinski definition) is 1. The standard InChI is InChI=1S/C17H21NS2/c1-12(2)17(16-8-5-9-20-16)18-15-11-19-10-13-6-3-4-7-14(13)15/h3-9,12,15,17-18H,10-11H2,1-2H3. The summed E-state index contributed by atoms with van der Waals surface area (Å²) in [5, 5.41) is 6.08. The maximum atomic E-state index is 3.90. The summed E-state index contributed by atoms with van der Waals surface area (Å²) in [5.74, 6) is 2.93. The zero-order valence-corrected chi connectivity index (χ0v) is 13.6. The summed E-state index contributed by atoms with van der Waals surface area (Å²) < 4.78 is 0. The molecule has 0 aliphatic carbocycles. The molecule has 0 spiro atoms. The lowest BCUT2D eigenvalue weighted by atomic mass is 9.97. The van der Waals surface area contributed by atoms with E-state index in [-0.39, 0.29) is 0 Å². The number of thioether (sulfide) groups is 1. The average Bonchev–Trinajstić information content (AvgIpc) is 2.98. The van der Waals surface area contributed by atoms with Gasteiger partial charge in [-0.1, -0.05) is 44.2 Å². The molecule has 2 aromatic rings. The van der Waals surface area contributed by atoms with Crippen LogP contribution in [0, 0.1) is 5.92 Å². The summed E-state index contributed by atoms with van der Waals surface area (Å²) in [5.41, 5.74) is 2.99. The molecule has 1 nitrogen and oxygen atoms in total. The smallest absolute Gasteiger partial charge is 0.0443 e. The second-order valence-corrected chi connectivity index (χ2v) is 7.68. The summed E-state index contributed by atoms with van der Waals surface area (Å²) in [6.45, 7) is 4.61. The highest BCUT2D eigenvalue weighted by molar-refractivity contribution is 7.98. The number of fused-ring (bicyclic) bond motifs is 1. The molecule has 1 aliphatic rings. The zero-order valence-electron chi connectivity index (χ0n) is 12.0. The van der Waals surface area contributed by atoms with E-state index in [9.17, 15) is 0 Å². The van der Waals surface area contributed by atoms with Gasteiger partial charge in [-0.05, 0) is 28.5 Å². The van der Waals surface area contributed by atoms with Crippen LogP contribution in [0.15, 0.2) is 41.8 Å². The van der Waals surface area contributed by atoms with Crippen LogP contribution in [-0.4, -0.2) is 5.75 Å². The van der Waals surface area contributed by atoms with E-state index < -0.39 is 0 Å². The minimum atomic E-state index is 0.451. The number of hydrogen-bond acceptors (Lipinski definition) is 3. The molecule has 20 heavy (non-hydrogen) atoms. The number of benzene rings is 1. The first-order valence-electron chi connectivity index (χ1n) is 7.20. The SMILES string of the molecule is CC(C)C(NC1CSCc2ccccc21)c1cccs1. The van der Waals surface area contributed by atoms with Gasteiger partial charge in [-0.2, -0.15) is 11.8 Å². The van der Waals surface area contributed by atoms with Gasteiger partial charge in [0.25, 0.3) is 0 Å². The fourth-order valence-corrected chi connectivity index (χ4v) is 4.88. The molecule has 2 atom stereocenters. The van der Waals surface area contributed by atoms with E-state index in [2.05, 4.69) is 60.9 Å². The summed E-state index contributed by atoms with van der Waals surface area (Å²) in [6.07, 6.45) is 0. The molecule has 0 amide bonds. The van der Waals surface area contributed by atoms with Gasteiger partial charge in [-0.3, -0.25) is 0 Å². The van der Waals surface area contributed by atoms with Crippen LogP contribution >= 0.6 is 23.1 Å². The van der Waals surface area contributed by atoms with Crippen molar-refractivity contribution in [3.05, 3.63) is 57.8 Å². The predicted molar refractivity (Wildman–Crippen MR) is 90.4 cm³/mol. The summed E-state index contributed by atoms with van der Waals surface area (Å²) in [6, 6.07) is 14.2. The molecule has 2 unspecified atom stereocenters. The van der Waals surface area contributed by atoms with Crippen LogP contribution in [0.1, 0.15) is 41.9 Å². The molecule has 0 radical (unpaired) electrons. The normalized spacial score (nSPS) is 19.9. The molecular weight excluding hydrogens is 282 g/mol. The van der Waals surface area contributed by atoms with Gasteiger partial charge in [0.15, 0.2) is 0 Å². The maximum Gasteiger partial charge on any atom is 0.0443 e. The minimum absolute atomic E-state index is 0.451. The Balaban J connectivity index is 1.83. The van der Waals surface area contributed by atoms with Crippen LogP contribution in [0.5, 0.6) is 0 Å². The molecular formula is C17H21NS2. The number of thiophene rings is 1. The van der Waals surface area contributed by atoms with Gasteiger partial charge in [0, 0.05) is 28.5 Å². The summed E-state index contributed by atoms with van der Waals surface area (Å²) in [4.78, 5) is 1.45. The fourth-order valence-electron chi connectivity index (χ4n) is 2.81. The van der Waals surface area contributed by atoms with Crippen LogP contribution < -0.4 is 5.32 Å². The van der Waals surface area contributed by atoms with Crippen molar-refractivity contribution in [1.29, 1.82) is 0 Å². The van der Waals surface area contributed by atoms with E-state index in [0.717, 1.165) is 5.75 Å². The third-order valence-electron chi connectivity index (χ3n) is 3.87. The maximum absolute atomic E-state index is 3.90. The van der Waals surface area contributed by atoms with Gasteiger partial charge in [0.05, 0.1) is 0 Å². The van der Waals surface area contributed by atoms with E-state index >= 15 is 0 Å². The van der Waals surface area contributed by atoms with Gasteiger partial charge >= 0.3 is 0 Å². The molecule has 1 aromatic carbocycles. The van der Waals surface area contributed by atoms with E-state index in [1.165, 1.54) is 21.8 Å². The van der Waals surface area contributed by atoms with Crippen molar-refractivity contribution in [1.82, 2.24) is 5.32 Å². The van der Waals surface area contributed by atoms with Crippen molar-refractivity contribution in [3.8, 4) is 0 Å². The fraction of sp³-hybridized carbons (Fsp3) is 0.412. The second-order valence-electron chi connectivity index (χ2n) is 5.67. The molecule has 3 rings (SSSR count). The number of rotatable bonds is 4. The molecule has 1 aromatic heterocycles. The Bertz CT molecular complexity index is 548. The highest BCUT2D eigenvalue weighted by atomic mass is 32.2. The largest absolute Gasteiger partial charge is 0.301 e. The van der Waals surface area contributed by atoms with Crippen LogP contribution in [0.3, 0.4) is 0 Å². The molecule has 3 heteroatoms. The lowest BCUT2D eigenvalue weighted by Crippen LogP contribution is -2.32. The van der Waals surface area contributed by atoms with Crippen molar-refractivity contribution in [3.63, 3.8) is 0 Å². The first kappa shape index (κ1) is 14.2. The average molecular weight is 303 g/mol.